The van der Waals surface area contributed by atoms with E-state index in [1.54, 1.807) is 30.3 Å². The first-order chi connectivity index (χ1) is 9.13. The van der Waals surface area contributed by atoms with Crippen LogP contribution in [0.1, 0.15) is 10.4 Å². The van der Waals surface area contributed by atoms with Gasteiger partial charge in [0.15, 0.2) is 0 Å². The van der Waals surface area contributed by atoms with Crippen molar-refractivity contribution in [1.82, 2.24) is 9.38 Å². The molecule has 5 heteroatoms. The predicted molar refractivity (Wildman–Crippen MR) is 72.0 cm³/mol. The molecule has 0 amide bonds. The molecular formula is C14H11N3O2. The summed E-state index contributed by atoms with van der Waals surface area (Å²) in [5.41, 5.74) is 8.81. The lowest BCUT2D eigenvalue weighted by molar-refractivity contribution is 0.0697. The largest absolute Gasteiger partial charge is 0.478 e. The van der Waals surface area contributed by atoms with Crippen molar-refractivity contribution < 1.29 is 9.90 Å². The maximum Gasteiger partial charge on any atom is 0.335 e. The number of imidazole rings is 1. The van der Waals surface area contributed by atoms with Gasteiger partial charge >= 0.3 is 5.97 Å². The molecule has 3 rings (SSSR count). The van der Waals surface area contributed by atoms with Crippen LogP contribution in [0.15, 0.2) is 48.8 Å². The van der Waals surface area contributed by atoms with Crippen LogP contribution in [0.3, 0.4) is 0 Å². The second-order valence-electron chi connectivity index (χ2n) is 4.24. The molecule has 3 N–H and O–H groups in total. The molecule has 0 spiro atoms. The lowest BCUT2D eigenvalue weighted by Gasteiger charge is -1.98. The van der Waals surface area contributed by atoms with E-state index < -0.39 is 5.97 Å². The maximum absolute atomic E-state index is 11.0. The van der Waals surface area contributed by atoms with Crippen molar-refractivity contribution in [2.24, 2.45) is 0 Å². The maximum atomic E-state index is 11.0. The topological polar surface area (TPSA) is 80.6 Å². The average molecular weight is 253 g/mol. The number of aromatic carboxylic acids is 1. The first kappa shape index (κ1) is 11.3. The number of benzene rings is 1. The lowest BCUT2D eigenvalue weighted by Crippen LogP contribution is -1.95. The molecule has 1 aromatic carbocycles. The van der Waals surface area contributed by atoms with E-state index in [-0.39, 0.29) is 5.56 Å². The average Bonchev–Trinajstić information content (AvgIpc) is 2.81. The van der Waals surface area contributed by atoms with Gasteiger partial charge in [0.05, 0.1) is 11.3 Å². The molecule has 0 radical (unpaired) electrons. The Hall–Kier alpha value is -2.82. The van der Waals surface area contributed by atoms with Crippen LogP contribution >= 0.6 is 0 Å². The van der Waals surface area contributed by atoms with E-state index >= 15 is 0 Å². The van der Waals surface area contributed by atoms with Crippen molar-refractivity contribution in [1.29, 1.82) is 0 Å². The fourth-order valence-corrected chi connectivity index (χ4v) is 1.95. The fourth-order valence-electron chi connectivity index (χ4n) is 1.95. The SMILES string of the molecule is Nc1ccn2cc(-c3cccc(C(=O)O)c3)nc2c1. The van der Waals surface area contributed by atoms with Crippen LogP contribution in [0.5, 0.6) is 0 Å². The normalized spacial score (nSPS) is 10.7. The Labute approximate surface area is 108 Å². The number of carboxylic acid groups (broad SMARTS) is 1. The quantitative estimate of drug-likeness (QED) is 0.734. The number of hydrogen-bond acceptors (Lipinski definition) is 3. The van der Waals surface area contributed by atoms with Crippen molar-refractivity contribution in [2.75, 3.05) is 5.73 Å². The zero-order chi connectivity index (χ0) is 13.4. The number of anilines is 1. The molecule has 2 aromatic heterocycles. The Morgan fingerprint density at radius 3 is 2.89 bits per heavy atom. The van der Waals surface area contributed by atoms with Gasteiger partial charge in [-0.2, -0.15) is 0 Å². The highest BCUT2D eigenvalue weighted by molar-refractivity contribution is 5.89. The minimum Gasteiger partial charge on any atom is -0.478 e. The Morgan fingerprint density at radius 2 is 2.11 bits per heavy atom. The smallest absolute Gasteiger partial charge is 0.335 e. The van der Waals surface area contributed by atoms with Crippen molar-refractivity contribution in [3.63, 3.8) is 0 Å². The number of aromatic nitrogens is 2. The Balaban J connectivity index is 2.13. The van der Waals surface area contributed by atoms with E-state index in [1.165, 1.54) is 0 Å². The number of carbonyl (C=O) groups is 1. The number of fused-ring (bicyclic) bond motifs is 1. The number of nitrogen functional groups attached to an aromatic ring is 1. The molecule has 0 saturated carbocycles. The highest BCUT2D eigenvalue weighted by atomic mass is 16.4. The molecule has 19 heavy (non-hydrogen) atoms. The van der Waals surface area contributed by atoms with E-state index in [2.05, 4.69) is 4.98 Å². The van der Waals surface area contributed by atoms with Crippen LogP contribution in [0.25, 0.3) is 16.9 Å². The standard InChI is InChI=1S/C14H11N3O2/c15-11-4-5-17-8-12(16-13(17)7-11)9-2-1-3-10(6-9)14(18)19/h1-8H,15H2,(H,18,19). The molecule has 0 atom stereocenters. The summed E-state index contributed by atoms with van der Waals surface area (Å²) in [6, 6.07) is 10.2. The van der Waals surface area contributed by atoms with E-state index in [4.69, 9.17) is 10.8 Å². The molecule has 5 nitrogen and oxygen atoms in total. The number of pyridine rings is 1. The van der Waals surface area contributed by atoms with Crippen LogP contribution in [-0.2, 0) is 0 Å². The first-order valence-corrected chi connectivity index (χ1v) is 5.71. The molecule has 3 aromatic rings. The Morgan fingerprint density at radius 1 is 1.26 bits per heavy atom. The van der Waals surface area contributed by atoms with Crippen LogP contribution in [-0.4, -0.2) is 20.5 Å². The molecule has 0 fully saturated rings. The van der Waals surface area contributed by atoms with Gasteiger partial charge in [-0.3, -0.25) is 0 Å². The summed E-state index contributed by atoms with van der Waals surface area (Å²) in [7, 11) is 0. The molecule has 0 saturated heterocycles. The summed E-state index contributed by atoms with van der Waals surface area (Å²) < 4.78 is 1.85. The third-order valence-electron chi connectivity index (χ3n) is 2.89. The number of rotatable bonds is 2. The van der Waals surface area contributed by atoms with Gasteiger partial charge in [0.2, 0.25) is 0 Å². The molecule has 0 unspecified atom stereocenters. The molecule has 0 bridgehead atoms. The lowest BCUT2D eigenvalue weighted by atomic mass is 10.1. The first-order valence-electron chi connectivity index (χ1n) is 5.71. The van der Waals surface area contributed by atoms with Gasteiger partial charge < -0.3 is 15.2 Å². The number of nitrogens with two attached hydrogens (primary N) is 1. The third kappa shape index (κ3) is 2.01. The zero-order valence-electron chi connectivity index (χ0n) is 9.95. The molecule has 0 aliphatic heterocycles. The van der Waals surface area contributed by atoms with Crippen LogP contribution in [0, 0.1) is 0 Å². The highest BCUT2D eigenvalue weighted by Gasteiger charge is 2.08. The summed E-state index contributed by atoms with van der Waals surface area (Å²) in [4.78, 5) is 15.4. The van der Waals surface area contributed by atoms with Gasteiger partial charge in [0, 0.05) is 29.7 Å². The zero-order valence-corrected chi connectivity index (χ0v) is 9.95. The van der Waals surface area contributed by atoms with Gasteiger partial charge in [-0.15, -0.1) is 0 Å². The predicted octanol–water partition coefficient (Wildman–Crippen LogP) is 2.28. The van der Waals surface area contributed by atoms with Gasteiger partial charge in [-0.1, -0.05) is 12.1 Å². The van der Waals surface area contributed by atoms with Gasteiger partial charge in [0.25, 0.3) is 0 Å². The summed E-state index contributed by atoms with van der Waals surface area (Å²) >= 11 is 0. The third-order valence-corrected chi connectivity index (χ3v) is 2.89. The number of carboxylic acids is 1. The van der Waals surface area contributed by atoms with Gasteiger partial charge in [-0.25, -0.2) is 9.78 Å². The van der Waals surface area contributed by atoms with Crippen molar-refractivity contribution >= 4 is 17.3 Å². The van der Waals surface area contributed by atoms with E-state index in [1.807, 2.05) is 22.9 Å². The summed E-state index contributed by atoms with van der Waals surface area (Å²) in [6.45, 7) is 0. The minimum absolute atomic E-state index is 0.245. The summed E-state index contributed by atoms with van der Waals surface area (Å²) in [5, 5.41) is 8.99. The Kier molecular flexibility index (Phi) is 2.45. The monoisotopic (exact) mass is 253 g/mol. The number of nitrogens with zero attached hydrogens (tertiary/aromatic N) is 2. The van der Waals surface area contributed by atoms with Crippen molar-refractivity contribution in [3.05, 3.63) is 54.4 Å². The van der Waals surface area contributed by atoms with Crippen LogP contribution in [0.4, 0.5) is 5.69 Å². The van der Waals surface area contributed by atoms with Crippen molar-refractivity contribution in [3.8, 4) is 11.3 Å². The summed E-state index contributed by atoms with van der Waals surface area (Å²) in [5.74, 6) is -0.949. The highest BCUT2D eigenvalue weighted by Crippen LogP contribution is 2.21. The molecule has 0 aliphatic rings. The van der Waals surface area contributed by atoms with E-state index in [0.717, 1.165) is 11.2 Å². The van der Waals surface area contributed by atoms with Crippen molar-refractivity contribution in [2.45, 2.75) is 0 Å². The second kappa shape index (κ2) is 4.13. The molecule has 2 heterocycles. The van der Waals surface area contributed by atoms with E-state index in [0.29, 0.717) is 11.4 Å². The van der Waals surface area contributed by atoms with Crippen LogP contribution in [0.2, 0.25) is 0 Å². The number of hydrogen-bond donors (Lipinski definition) is 2. The Bertz CT molecular complexity index is 777. The molecule has 94 valence electrons. The van der Waals surface area contributed by atoms with Gasteiger partial charge in [0.1, 0.15) is 5.65 Å². The fraction of sp³-hybridized carbons (Fsp3) is 0. The molecule has 0 aliphatic carbocycles. The summed E-state index contributed by atoms with van der Waals surface area (Å²) in [6.07, 6.45) is 3.66. The second-order valence-corrected chi connectivity index (χ2v) is 4.24. The van der Waals surface area contributed by atoms with Crippen LogP contribution < -0.4 is 5.73 Å². The minimum atomic E-state index is -0.949. The van der Waals surface area contributed by atoms with Gasteiger partial charge in [-0.05, 0) is 18.2 Å². The van der Waals surface area contributed by atoms with E-state index in [9.17, 15) is 4.79 Å². The molecular weight excluding hydrogens is 242 g/mol.